The summed E-state index contributed by atoms with van der Waals surface area (Å²) in [4.78, 5) is 35.3. The second-order valence-electron chi connectivity index (χ2n) is 13.2. The van der Waals surface area contributed by atoms with Crippen LogP contribution in [0.5, 0.6) is 5.75 Å². The van der Waals surface area contributed by atoms with Gasteiger partial charge in [0.2, 0.25) is 0 Å². The van der Waals surface area contributed by atoms with Crippen molar-refractivity contribution >= 4 is 17.9 Å². The lowest BCUT2D eigenvalue weighted by atomic mass is 9.84. The molecule has 278 valence electrons. The average Bonchev–Trinajstić information content (AvgIpc) is 3.59. The molecule has 2 heterocycles. The number of carbonyl (C=O) groups is 3. The van der Waals surface area contributed by atoms with E-state index in [1.165, 1.54) is 26.5 Å². The Labute approximate surface area is 301 Å². The fourth-order valence-electron chi connectivity index (χ4n) is 6.23. The number of unbranched alkanes of at least 4 members (excludes halogenated alkanes) is 3. The van der Waals surface area contributed by atoms with Crippen LogP contribution in [-0.2, 0) is 51.0 Å². The third-order valence-electron chi connectivity index (χ3n) is 9.17. The molecule has 1 aliphatic heterocycles. The van der Waals surface area contributed by atoms with Gasteiger partial charge in [0, 0.05) is 37.7 Å². The van der Waals surface area contributed by atoms with Crippen LogP contribution >= 0.6 is 0 Å². The molecule has 0 radical (unpaired) electrons. The van der Waals surface area contributed by atoms with Crippen LogP contribution in [0.4, 0.5) is 0 Å². The van der Waals surface area contributed by atoms with Crippen molar-refractivity contribution in [2.45, 2.75) is 110 Å². The van der Waals surface area contributed by atoms with Gasteiger partial charge in [-0.3, -0.25) is 14.4 Å². The Bertz CT molecular complexity index is 1510. The fraction of sp³-hybridized carbons (Fsp3) is 0.564. The number of aryl methyl sites for hydroxylation is 1. The number of carbonyl (C=O) groups excluding carboxylic acids is 3. The van der Waals surface area contributed by atoms with Gasteiger partial charge < -0.3 is 28.4 Å². The van der Waals surface area contributed by atoms with Crippen LogP contribution < -0.4 is 4.74 Å². The van der Waals surface area contributed by atoms with Crippen molar-refractivity contribution < 1.29 is 42.8 Å². The highest BCUT2D eigenvalue weighted by molar-refractivity contribution is 5.69. The van der Waals surface area contributed by atoms with E-state index in [4.69, 9.17) is 23.7 Å². The molecular formula is C39H53N3O9. The Hall–Kier alpha value is -4.29. The SMILES string of the molecule is COC(=O)CCCCCCOc1cccc(-c2cn(CC3O[C@H](OCC(CCCc4ccccc4)OC(C)=O)C(C)[C@@H](C)[C@H]3OC(C)=O)nn2)c1. The van der Waals surface area contributed by atoms with Gasteiger partial charge in [0.05, 0.1) is 33.1 Å². The van der Waals surface area contributed by atoms with Crippen molar-refractivity contribution in [3.63, 3.8) is 0 Å². The van der Waals surface area contributed by atoms with E-state index in [0.717, 1.165) is 49.8 Å². The van der Waals surface area contributed by atoms with Crippen LogP contribution in [0, 0.1) is 11.8 Å². The predicted octanol–water partition coefficient (Wildman–Crippen LogP) is 6.35. The van der Waals surface area contributed by atoms with E-state index in [0.29, 0.717) is 25.1 Å². The number of hydrogen-bond donors (Lipinski definition) is 0. The van der Waals surface area contributed by atoms with Crippen molar-refractivity contribution in [1.29, 1.82) is 0 Å². The molecule has 1 aliphatic rings. The second kappa shape index (κ2) is 20.5. The molecule has 3 unspecified atom stereocenters. The highest BCUT2D eigenvalue weighted by Crippen LogP contribution is 2.34. The molecule has 0 N–H and O–H groups in total. The first-order valence-electron chi connectivity index (χ1n) is 18.0. The van der Waals surface area contributed by atoms with E-state index < -0.39 is 30.6 Å². The largest absolute Gasteiger partial charge is 0.494 e. The molecule has 12 nitrogen and oxygen atoms in total. The van der Waals surface area contributed by atoms with Crippen LogP contribution in [0.1, 0.15) is 78.2 Å². The van der Waals surface area contributed by atoms with Gasteiger partial charge in [0.1, 0.15) is 29.8 Å². The first kappa shape index (κ1) is 39.5. The summed E-state index contributed by atoms with van der Waals surface area (Å²) in [5.41, 5.74) is 2.74. The van der Waals surface area contributed by atoms with Crippen molar-refractivity contribution in [1.82, 2.24) is 15.0 Å². The zero-order valence-electron chi connectivity index (χ0n) is 30.5. The Morgan fingerprint density at radius 3 is 2.45 bits per heavy atom. The second-order valence-corrected chi connectivity index (χ2v) is 13.2. The summed E-state index contributed by atoms with van der Waals surface area (Å²) in [7, 11) is 1.41. The van der Waals surface area contributed by atoms with Gasteiger partial charge in [0.15, 0.2) is 6.29 Å². The molecule has 1 saturated heterocycles. The number of ether oxygens (including phenoxy) is 6. The van der Waals surface area contributed by atoms with Gasteiger partial charge in [-0.2, -0.15) is 0 Å². The molecule has 3 aromatic rings. The Balaban J connectivity index is 1.35. The summed E-state index contributed by atoms with van der Waals surface area (Å²) in [5.74, 6) is -0.390. The topological polar surface area (TPSA) is 137 Å². The normalized spacial score (nSPS) is 20.7. The summed E-state index contributed by atoms with van der Waals surface area (Å²) < 4.78 is 36.5. The molecule has 1 aromatic heterocycles. The molecule has 12 heteroatoms. The summed E-state index contributed by atoms with van der Waals surface area (Å²) in [5, 5.41) is 8.76. The number of methoxy groups -OCH3 is 1. The molecular weight excluding hydrogens is 654 g/mol. The standard InChI is InChI=1S/C39H53N3O9/c1-27-28(2)39(48-26-34(49-29(3)43)20-13-17-31-15-9-8-10-16-31)51-36(38(27)50-30(4)44)25-42-24-35(40-41-42)32-18-14-19-33(23-32)47-22-12-7-6-11-21-37(45)46-5/h8-10,14-16,18-19,23-24,27-28,34,36,38-39H,6-7,11-13,17,20-22,25-26H2,1-5H3/t27-,28?,34?,36?,38-,39+/m1/s1. The van der Waals surface area contributed by atoms with Crippen LogP contribution in [-0.4, -0.2) is 77.8 Å². The number of nitrogens with zero attached hydrogens (tertiary/aromatic N) is 3. The molecule has 1 fully saturated rings. The lowest BCUT2D eigenvalue weighted by Gasteiger charge is -2.44. The molecule has 0 saturated carbocycles. The Morgan fingerprint density at radius 2 is 1.71 bits per heavy atom. The van der Waals surface area contributed by atoms with Gasteiger partial charge in [-0.1, -0.05) is 74.4 Å². The molecule has 0 amide bonds. The highest BCUT2D eigenvalue weighted by atomic mass is 16.7. The number of benzene rings is 2. The summed E-state index contributed by atoms with van der Waals surface area (Å²) in [6.45, 7) is 7.85. The zero-order chi connectivity index (χ0) is 36.6. The van der Waals surface area contributed by atoms with Crippen LogP contribution in [0.25, 0.3) is 11.3 Å². The number of hydrogen-bond acceptors (Lipinski definition) is 11. The van der Waals surface area contributed by atoms with Crippen molar-refractivity contribution in [3.05, 3.63) is 66.4 Å². The van der Waals surface area contributed by atoms with E-state index in [9.17, 15) is 14.4 Å². The van der Waals surface area contributed by atoms with Crippen molar-refractivity contribution in [2.75, 3.05) is 20.3 Å². The minimum Gasteiger partial charge on any atom is -0.494 e. The van der Waals surface area contributed by atoms with Crippen LogP contribution in [0.3, 0.4) is 0 Å². The van der Waals surface area contributed by atoms with E-state index >= 15 is 0 Å². The van der Waals surface area contributed by atoms with Gasteiger partial charge in [-0.25, -0.2) is 4.68 Å². The maximum absolute atomic E-state index is 12.1. The van der Waals surface area contributed by atoms with E-state index in [2.05, 4.69) is 27.2 Å². The smallest absolute Gasteiger partial charge is 0.305 e. The van der Waals surface area contributed by atoms with E-state index in [1.807, 2.05) is 62.5 Å². The Morgan fingerprint density at radius 1 is 0.922 bits per heavy atom. The number of esters is 3. The predicted molar refractivity (Wildman–Crippen MR) is 189 cm³/mol. The lowest BCUT2D eigenvalue weighted by Crippen LogP contribution is -2.53. The Kier molecular flexibility index (Phi) is 15.9. The molecule has 2 aromatic carbocycles. The number of aromatic nitrogens is 3. The molecule has 0 spiro atoms. The average molecular weight is 708 g/mol. The molecule has 4 rings (SSSR count). The van der Waals surface area contributed by atoms with Crippen molar-refractivity contribution in [2.24, 2.45) is 11.8 Å². The van der Waals surface area contributed by atoms with Gasteiger partial charge in [0.25, 0.3) is 0 Å². The van der Waals surface area contributed by atoms with Crippen LogP contribution in [0.2, 0.25) is 0 Å². The molecule has 51 heavy (non-hydrogen) atoms. The minimum absolute atomic E-state index is 0.0902. The molecule has 0 aliphatic carbocycles. The minimum atomic E-state index is -0.617. The summed E-state index contributed by atoms with van der Waals surface area (Å²) in [6, 6.07) is 17.9. The van der Waals surface area contributed by atoms with E-state index in [1.54, 1.807) is 4.68 Å². The first-order valence-corrected chi connectivity index (χ1v) is 18.0. The highest BCUT2D eigenvalue weighted by Gasteiger charge is 2.44. The van der Waals surface area contributed by atoms with E-state index in [-0.39, 0.29) is 36.9 Å². The quantitative estimate of drug-likeness (QED) is 0.0738. The molecule has 6 atom stereocenters. The fourth-order valence-corrected chi connectivity index (χ4v) is 6.23. The van der Waals surface area contributed by atoms with Gasteiger partial charge in [-0.05, 0) is 49.8 Å². The first-order chi connectivity index (χ1) is 24.6. The third-order valence-corrected chi connectivity index (χ3v) is 9.17. The van der Waals surface area contributed by atoms with Gasteiger partial charge in [-0.15, -0.1) is 5.10 Å². The summed E-state index contributed by atoms with van der Waals surface area (Å²) in [6.07, 6.45) is 6.10. The summed E-state index contributed by atoms with van der Waals surface area (Å²) >= 11 is 0. The van der Waals surface area contributed by atoms with Crippen molar-refractivity contribution in [3.8, 4) is 17.0 Å². The zero-order valence-corrected chi connectivity index (χ0v) is 30.5. The molecule has 0 bridgehead atoms. The lowest BCUT2D eigenvalue weighted by molar-refractivity contribution is -0.274. The van der Waals surface area contributed by atoms with Crippen LogP contribution in [0.15, 0.2) is 60.8 Å². The third kappa shape index (κ3) is 13.1. The van der Waals surface area contributed by atoms with Gasteiger partial charge >= 0.3 is 17.9 Å². The number of rotatable bonds is 20. The maximum Gasteiger partial charge on any atom is 0.305 e. The maximum atomic E-state index is 12.1. The monoisotopic (exact) mass is 707 g/mol.